The Morgan fingerprint density at radius 2 is 1.31 bits per heavy atom. The summed E-state index contributed by atoms with van der Waals surface area (Å²) >= 11 is 0. The highest BCUT2D eigenvalue weighted by Crippen LogP contribution is 2.31. The van der Waals surface area contributed by atoms with Gasteiger partial charge in [-0.1, -0.05) is 26.2 Å². The number of nitrogens with two attached hydrogens (primary N) is 4. The molecule has 230 valence electrons. The number of aliphatic hydroxyl groups is 6. The number of ether oxygens (including phenoxy) is 4. The van der Waals surface area contributed by atoms with Crippen LogP contribution in [-0.2, 0) is 18.9 Å². The molecular weight excluding hydrogens is 518 g/mol. The van der Waals surface area contributed by atoms with Crippen molar-refractivity contribution in [1.29, 1.82) is 0 Å². The van der Waals surface area contributed by atoms with Gasteiger partial charge in [-0.05, 0) is 19.4 Å². The van der Waals surface area contributed by atoms with Gasteiger partial charge in [0.1, 0.15) is 54.9 Å². The average Bonchev–Trinajstić information content (AvgIpc) is 2.91. The molecule has 3 fully saturated rings. The van der Waals surface area contributed by atoms with Crippen molar-refractivity contribution in [2.24, 2.45) is 22.9 Å². The highest BCUT2D eigenvalue weighted by molar-refractivity contribution is 5.01. The number of hydrogen-bond acceptors (Lipinski definition) is 15. The van der Waals surface area contributed by atoms with E-state index < -0.39 is 91.7 Å². The molecule has 0 bridgehead atoms. The van der Waals surface area contributed by atoms with Crippen molar-refractivity contribution in [2.45, 2.75) is 131 Å². The second kappa shape index (κ2) is 15.0. The van der Waals surface area contributed by atoms with E-state index in [2.05, 4.69) is 12.2 Å². The Hall–Kier alpha value is -0.600. The predicted molar refractivity (Wildman–Crippen MR) is 138 cm³/mol. The maximum absolute atomic E-state index is 11.2. The molecule has 15 atom stereocenters. The molecular formula is C24H49N5O10. The lowest BCUT2D eigenvalue weighted by atomic mass is 9.84. The molecule has 0 aromatic carbocycles. The zero-order chi connectivity index (χ0) is 28.9. The van der Waals surface area contributed by atoms with Crippen LogP contribution in [0.1, 0.15) is 39.0 Å². The average molecular weight is 568 g/mol. The van der Waals surface area contributed by atoms with Crippen LogP contribution >= 0.6 is 0 Å². The van der Waals surface area contributed by atoms with Crippen molar-refractivity contribution in [2.75, 3.05) is 19.6 Å². The van der Waals surface area contributed by atoms with Crippen molar-refractivity contribution in [1.82, 2.24) is 5.32 Å². The molecule has 15 nitrogen and oxygen atoms in total. The Labute approximate surface area is 228 Å². The van der Waals surface area contributed by atoms with E-state index in [4.69, 9.17) is 41.9 Å². The summed E-state index contributed by atoms with van der Waals surface area (Å²) in [7, 11) is 0. The normalized spacial score (nSPS) is 47.3. The van der Waals surface area contributed by atoms with E-state index in [1.165, 1.54) is 0 Å². The molecule has 0 unspecified atom stereocenters. The van der Waals surface area contributed by atoms with E-state index in [0.717, 1.165) is 32.2 Å². The van der Waals surface area contributed by atoms with Gasteiger partial charge < -0.3 is 77.8 Å². The number of nitrogens with one attached hydrogen (secondary N) is 1. The summed E-state index contributed by atoms with van der Waals surface area (Å²) in [5, 5.41) is 66.2. The molecule has 1 saturated carbocycles. The van der Waals surface area contributed by atoms with Gasteiger partial charge in [0.05, 0.1) is 12.1 Å². The SMILES string of the molecule is CCCCCCNC[C@H]1O[C@H](O[C@@H]2[C@@H](O)[C@H](O[C@H]3O[C@H](CN)[C@@H](O)[C@H](O)[C@H]3O)[C@@H](N)C[C@H]2N)[C@H](O)[C@@H](N)[C@@H]1O. The van der Waals surface area contributed by atoms with Gasteiger partial charge in [0.25, 0.3) is 0 Å². The molecule has 3 aliphatic rings. The molecule has 2 saturated heterocycles. The largest absolute Gasteiger partial charge is 0.389 e. The van der Waals surface area contributed by atoms with Crippen LogP contribution in [0.5, 0.6) is 0 Å². The van der Waals surface area contributed by atoms with Crippen molar-refractivity contribution >= 4 is 0 Å². The molecule has 0 spiro atoms. The van der Waals surface area contributed by atoms with E-state index in [9.17, 15) is 30.6 Å². The quantitative estimate of drug-likeness (QED) is 0.0984. The van der Waals surface area contributed by atoms with Crippen LogP contribution in [0.4, 0.5) is 0 Å². The summed E-state index contributed by atoms with van der Waals surface area (Å²) < 4.78 is 23.1. The number of unbranched alkanes of at least 4 members (excludes halogenated alkanes) is 3. The summed E-state index contributed by atoms with van der Waals surface area (Å²) in [6.45, 7) is 2.98. The van der Waals surface area contributed by atoms with Gasteiger partial charge in [0, 0.05) is 25.2 Å². The molecule has 1 aliphatic carbocycles. The van der Waals surface area contributed by atoms with E-state index in [-0.39, 0.29) is 19.5 Å². The standard InChI is InChI=1S/C24H49N5O10/c1-2-3-4-5-6-29-9-13-15(30)14(28)17(32)23(37-13)38-21-10(26)7-11(27)22(20(21)35)39-24-19(34)18(33)16(31)12(8-25)36-24/h10-24,29-35H,2-9,25-28H2,1H3/t10-,11+,12-,13-,14+,15-,16-,17-,18+,19-,20-,21+,22-,23-,24-/m1/s1. The lowest BCUT2D eigenvalue weighted by molar-refractivity contribution is -0.330. The van der Waals surface area contributed by atoms with Crippen LogP contribution in [0.3, 0.4) is 0 Å². The summed E-state index contributed by atoms with van der Waals surface area (Å²) in [5.74, 6) is 0. The minimum atomic E-state index is -1.64. The highest BCUT2D eigenvalue weighted by Gasteiger charge is 2.51. The van der Waals surface area contributed by atoms with Crippen LogP contribution in [0.25, 0.3) is 0 Å². The Bertz CT molecular complexity index is 729. The molecule has 0 aromatic rings. The van der Waals surface area contributed by atoms with Crippen LogP contribution < -0.4 is 28.3 Å². The molecule has 0 radical (unpaired) electrons. The lowest BCUT2D eigenvalue weighted by Gasteiger charge is -2.48. The third kappa shape index (κ3) is 7.82. The zero-order valence-corrected chi connectivity index (χ0v) is 22.4. The Morgan fingerprint density at radius 1 is 0.718 bits per heavy atom. The highest BCUT2D eigenvalue weighted by atomic mass is 16.7. The minimum absolute atomic E-state index is 0.126. The number of rotatable bonds is 12. The van der Waals surface area contributed by atoms with Gasteiger partial charge >= 0.3 is 0 Å². The number of aliphatic hydroxyl groups excluding tert-OH is 6. The van der Waals surface area contributed by atoms with E-state index in [0.29, 0.717) is 0 Å². The summed E-state index contributed by atoms with van der Waals surface area (Å²) in [6.07, 6.45) is -11.1. The predicted octanol–water partition coefficient (Wildman–Crippen LogP) is -5.11. The fraction of sp³-hybridized carbons (Fsp3) is 1.00. The first-order valence-corrected chi connectivity index (χ1v) is 13.9. The third-order valence-electron chi connectivity index (χ3n) is 7.85. The number of hydrogen-bond donors (Lipinski definition) is 11. The fourth-order valence-electron chi connectivity index (χ4n) is 5.34. The molecule has 15 N–H and O–H groups in total. The summed E-state index contributed by atoms with van der Waals surface area (Å²) in [5.41, 5.74) is 24.1. The minimum Gasteiger partial charge on any atom is -0.389 e. The molecule has 3 rings (SSSR count). The van der Waals surface area contributed by atoms with Gasteiger partial charge in [-0.2, -0.15) is 0 Å². The first-order chi connectivity index (χ1) is 18.5. The second-order valence-electron chi connectivity index (χ2n) is 10.9. The van der Waals surface area contributed by atoms with Crippen LogP contribution in [-0.4, -0.2) is 142 Å². The molecule has 2 aliphatic heterocycles. The van der Waals surface area contributed by atoms with Crippen molar-refractivity contribution < 1.29 is 49.6 Å². The van der Waals surface area contributed by atoms with Crippen LogP contribution in [0, 0.1) is 0 Å². The van der Waals surface area contributed by atoms with Crippen molar-refractivity contribution in [3.8, 4) is 0 Å². The first kappa shape index (κ1) is 32.9. The van der Waals surface area contributed by atoms with Crippen molar-refractivity contribution in [3.63, 3.8) is 0 Å². The maximum atomic E-state index is 11.2. The smallest absolute Gasteiger partial charge is 0.187 e. The third-order valence-corrected chi connectivity index (χ3v) is 7.85. The van der Waals surface area contributed by atoms with E-state index in [1.807, 2.05) is 0 Å². The molecule has 15 heteroatoms. The fourth-order valence-corrected chi connectivity index (χ4v) is 5.34. The Kier molecular flexibility index (Phi) is 12.7. The summed E-state index contributed by atoms with van der Waals surface area (Å²) in [6, 6.07) is -2.67. The molecule has 39 heavy (non-hydrogen) atoms. The van der Waals surface area contributed by atoms with Gasteiger partial charge in [0.15, 0.2) is 12.6 Å². The second-order valence-corrected chi connectivity index (χ2v) is 10.9. The van der Waals surface area contributed by atoms with Gasteiger partial charge in [-0.15, -0.1) is 0 Å². The molecule has 2 heterocycles. The topological polar surface area (TPSA) is 274 Å². The van der Waals surface area contributed by atoms with Gasteiger partial charge in [0.2, 0.25) is 0 Å². The zero-order valence-electron chi connectivity index (χ0n) is 22.4. The van der Waals surface area contributed by atoms with Crippen LogP contribution in [0.15, 0.2) is 0 Å². The molecule has 0 amide bonds. The molecule has 0 aromatic heterocycles. The first-order valence-electron chi connectivity index (χ1n) is 13.9. The van der Waals surface area contributed by atoms with Crippen LogP contribution in [0.2, 0.25) is 0 Å². The lowest BCUT2D eigenvalue weighted by Crippen LogP contribution is -2.68. The monoisotopic (exact) mass is 567 g/mol. The van der Waals surface area contributed by atoms with E-state index >= 15 is 0 Å². The van der Waals surface area contributed by atoms with Crippen molar-refractivity contribution in [3.05, 3.63) is 0 Å². The Morgan fingerprint density at radius 3 is 1.90 bits per heavy atom. The Balaban J connectivity index is 1.64. The maximum Gasteiger partial charge on any atom is 0.187 e. The van der Waals surface area contributed by atoms with Gasteiger partial charge in [-0.25, -0.2) is 0 Å². The van der Waals surface area contributed by atoms with E-state index in [1.54, 1.807) is 0 Å². The van der Waals surface area contributed by atoms with Gasteiger partial charge in [-0.3, -0.25) is 0 Å². The summed E-state index contributed by atoms with van der Waals surface area (Å²) in [4.78, 5) is 0.